The molecule has 0 fully saturated rings. The number of aliphatic hydroxyl groups is 1. The van der Waals surface area contributed by atoms with Crippen molar-refractivity contribution in [1.82, 2.24) is 5.32 Å². The topological polar surface area (TPSA) is 102 Å². The van der Waals surface area contributed by atoms with Gasteiger partial charge in [0.15, 0.2) is 6.04 Å². The Labute approximate surface area is 111 Å². The summed E-state index contributed by atoms with van der Waals surface area (Å²) < 4.78 is 4.83. The van der Waals surface area contributed by atoms with E-state index in [2.05, 4.69) is 5.32 Å². The maximum Gasteiger partial charge on any atom is 0.331 e. The Hall–Kier alpha value is -2.08. The van der Waals surface area contributed by atoms with Crippen molar-refractivity contribution in [3.63, 3.8) is 0 Å². The minimum atomic E-state index is -1.22. The summed E-state index contributed by atoms with van der Waals surface area (Å²) in [4.78, 5) is 22.9. The molecule has 1 rings (SSSR count). The third-order valence-corrected chi connectivity index (χ3v) is 2.47. The van der Waals surface area contributed by atoms with Crippen LogP contribution in [0.1, 0.15) is 25.5 Å². The molecule has 19 heavy (non-hydrogen) atoms. The predicted molar refractivity (Wildman–Crippen MR) is 70.1 cm³/mol. The van der Waals surface area contributed by atoms with Crippen molar-refractivity contribution in [1.29, 1.82) is 0 Å². The molecule has 6 nitrogen and oxygen atoms in total. The maximum atomic E-state index is 11.8. The second-order valence-electron chi connectivity index (χ2n) is 4.05. The SMILES string of the molecule is CCOC(=O)C(NC(C)=O)C(O)c1cccc(N)c1. The molecule has 0 saturated carbocycles. The minimum Gasteiger partial charge on any atom is -0.464 e. The number of rotatable bonds is 5. The number of hydrogen-bond acceptors (Lipinski definition) is 5. The molecule has 0 spiro atoms. The zero-order valence-corrected chi connectivity index (χ0v) is 10.9. The standard InChI is InChI=1S/C13H18N2O4/c1-3-19-13(18)11(15-8(2)16)12(17)9-5-4-6-10(14)7-9/h4-7,11-12,17H,3,14H2,1-2H3,(H,15,16). The number of anilines is 1. The van der Waals surface area contributed by atoms with Gasteiger partial charge in [-0.1, -0.05) is 12.1 Å². The number of ether oxygens (including phenoxy) is 1. The van der Waals surface area contributed by atoms with Crippen molar-refractivity contribution in [2.75, 3.05) is 12.3 Å². The van der Waals surface area contributed by atoms with E-state index in [0.29, 0.717) is 11.3 Å². The third kappa shape index (κ3) is 4.26. The van der Waals surface area contributed by atoms with E-state index in [0.717, 1.165) is 0 Å². The Morgan fingerprint density at radius 1 is 1.47 bits per heavy atom. The first kappa shape index (κ1) is 15.0. The number of aliphatic hydroxyl groups excluding tert-OH is 1. The smallest absolute Gasteiger partial charge is 0.331 e. The monoisotopic (exact) mass is 266 g/mol. The van der Waals surface area contributed by atoms with E-state index in [1.165, 1.54) is 6.92 Å². The van der Waals surface area contributed by atoms with Crippen LogP contribution in [0.3, 0.4) is 0 Å². The summed E-state index contributed by atoms with van der Waals surface area (Å²) in [7, 11) is 0. The highest BCUT2D eigenvalue weighted by atomic mass is 16.5. The largest absolute Gasteiger partial charge is 0.464 e. The van der Waals surface area contributed by atoms with Crippen LogP contribution in [-0.4, -0.2) is 29.6 Å². The van der Waals surface area contributed by atoms with Crippen LogP contribution in [-0.2, 0) is 14.3 Å². The van der Waals surface area contributed by atoms with E-state index in [4.69, 9.17) is 10.5 Å². The number of amides is 1. The molecule has 0 aliphatic rings. The lowest BCUT2D eigenvalue weighted by Crippen LogP contribution is -2.45. The predicted octanol–water partition coefficient (Wildman–Crippen LogP) is 0.370. The number of nitrogens with one attached hydrogen (secondary N) is 1. The lowest BCUT2D eigenvalue weighted by molar-refractivity contribution is -0.150. The Bertz CT molecular complexity index is 462. The van der Waals surface area contributed by atoms with Crippen LogP contribution in [0.25, 0.3) is 0 Å². The second-order valence-corrected chi connectivity index (χ2v) is 4.05. The Morgan fingerprint density at radius 3 is 2.68 bits per heavy atom. The van der Waals surface area contributed by atoms with Crippen molar-refractivity contribution in [2.45, 2.75) is 26.0 Å². The number of carbonyl (C=O) groups is 2. The molecular weight excluding hydrogens is 248 g/mol. The van der Waals surface area contributed by atoms with Crippen molar-refractivity contribution in [3.05, 3.63) is 29.8 Å². The van der Waals surface area contributed by atoms with Gasteiger partial charge in [0, 0.05) is 12.6 Å². The van der Waals surface area contributed by atoms with Gasteiger partial charge in [-0.3, -0.25) is 4.79 Å². The normalized spacial score (nSPS) is 13.4. The van der Waals surface area contributed by atoms with E-state index < -0.39 is 24.0 Å². The molecule has 1 aromatic rings. The van der Waals surface area contributed by atoms with E-state index in [9.17, 15) is 14.7 Å². The highest BCUT2D eigenvalue weighted by molar-refractivity contribution is 5.84. The zero-order valence-electron chi connectivity index (χ0n) is 10.9. The first-order chi connectivity index (χ1) is 8.95. The third-order valence-electron chi connectivity index (χ3n) is 2.47. The van der Waals surface area contributed by atoms with Crippen LogP contribution in [0.5, 0.6) is 0 Å². The summed E-state index contributed by atoms with van der Waals surface area (Å²) in [5, 5.41) is 12.6. The van der Waals surface area contributed by atoms with Crippen molar-refractivity contribution < 1.29 is 19.4 Å². The number of benzene rings is 1. The van der Waals surface area contributed by atoms with Crippen LogP contribution in [0, 0.1) is 0 Å². The van der Waals surface area contributed by atoms with Gasteiger partial charge in [-0.15, -0.1) is 0 Å². The lowest BCUT2D eigenvalue weighted by atomic mass is 10.0. The summed E-state index contributed by atoms with van der Waals surface area (Å²) in [6.07, 6.45) is -1.22. The zero-order chi connectivity index (χ0) is 14.4. The van der Waals surface area contributed by atoms with Gasteiger partial charge in [0.1, 0.15) is 6.10 Å². The molecule has 6 heteroatoms. The molecule has 0 aliphatic carbocycles. The quantitative estimate of drug-likeness (QED) is 0.528. The molecule has 0 radical (unpaired) electrons. The molecule has 1 amide bonds. The molecule has 0 bridgehead atoms. The van der Waals surface area contributed by atoms with E-state index in [1.807, 2.05) is 0 Å². The van der Waals surface area contributed by atoms with Gasteiger partial charge >= 0.3 is 5.97 Å². The molecule has 104 valence electrons. The van der Waals surface area contributed by atoms with Gasteiger partial charge in [-0.05, 0) is 24.6 Å². The van der Waals surface area contributed by atoms with Crippen LogP contribution in [0.2, 0.25) is 0 Å². The Morgan fingerprint density at radius 2 is 2.16 bits per heavy atom. The minimum absolute atomic E-state index is 0.165. The molecule has 4 N–H and O–H groups in total. The Kier molecular flexibility index (Phi) is 5.32. The van der Waals surface area contributed by atoms with Gasteiger partial charge in [0.25, 0.3) is 0 Å². The average Bonchev–Trinajstić information content (AvgIpc) is 2.35. The van der Waals surface area contributed by atoms with Gasteiger partial charge in [-0.25, -0.2) is 4.79 Å². The molecule has 2 atom stereocenters. The first-order valence-corrected chi connectivity index (χ1v) is 5.93. The molecule has 0 aromatic heterocycles. The summed E-state index contributed by atoms with van der Waals surface area (Å²) in [5.41, 5.74) is 6.51. The van der Waals surface area contributed by atoms with E-state index in [-0.39, 0.29) is 6.61 Å². The number of hydrogen-bond donors (Lipinski definition) is 3. The highest BCUT2D eigenvalue weighted by Crippen LogP contribution is 2.20. The van der Waals surface area contributed by atoms with Crippen LogP contribution >= 0.6 is 0 Å². The highest BCUT2D eigenvalue weighted by Gasteiger charge is 2.30. The van der Waals surface area contributed by atoms with Crippen LogP contribution in [0.4, 0.5) is 5.69 Å². The number of esters is 1. The maximum absolute atomic E-state index is 11.8. The molecule has 0 heterocycles. The summed E-state index contributed by atoms with van der Waals surface area (Å²) in [6.45, 7) is 3.08. The van der Waals surface area contributed by atoms with E-state index >= 15 is 0 Å². The fourth-order valence-electron chi connectivity index (χ4n) is 1.65. The van der Waals surface area contributed by atoms with E-state index in [1.54, 1.807) is 31.2 Å². The number of nitrogen functional groups attached to an aromatic ring is 1. The number of carbonyl (C=O) groups excluding carboxylic acids is 2. The van der Waals surface area contributed by atoms with Gasteiger partial charge in [0.2, 0.25) is 5.91 Å². The van der Waals surface area contributed by atoms with Crippen molar-refractivity contribution >= 4 is 17.6 Å². The summed E-state index contributed by atoms with van der Waals surface area (Å²) in [5.74, 6) is -1.12. The van der Waals surface area contributed by atoms with Gasteiger partial charge in [0.05, 0.1) is 6.61 Å². The fraction of sp³-hybridized carbons (Fsp3) is 0.385. The molecule has 0 saturated heterocycles. The second kappa shape index (κ2) is 6.75. The Balaban J connectivity index is 2.96. The van der Waals surface area contributed by atoms with Crippen LogP contribution in [0.15, 0.2) is 24.3 Å². The van der Waals surface area contributed by atoms with Crippen molar-refractivity contribution in [2.24, 2.45) is 0 Å². The molecule has 0 aliphatic heterocycles. The molecule has 2 unspecified atom stereocenters. The molecular formula is C13H18N2O4. The molecule has 1 aromatic carbocycles. The fourth-order valence-corrected chi connectivity index (χ4v) is 1.65. The lowest BCUT2D eigenvalue weighted by Gasteiger charge is -2.22. The van der Waals surface area contributed by atoms with Crippen LogP contribution < -0.4 is 11.1 Å². The average molecular weight is 266 g/mol. The van der Waals surface area contributed by atoms with Crippen molar-refractivity contribution in [3.8, 4) is 0 Å². The van der Waals surface area contributed by atoms with Gasteiger partial charge in [-0.2, -0.15) is 0 Å². The number of nitrogens with two attached hydrogens (primary N) is 1. The summed E-state index contributed by atoms with van der Waals surface area (Å²) in [6, 6.07) is 5.32. The van der Waals surface area contributed by atoms with Gasteiger partial charge < -0.3 is 20.9 Å². The first-order valence-electron chi connectivity index (χ1n) is 5.93. The summed E-state index contributed by atoms with van der Waals surface area (Å²) >= 11 is 0.